The van der Waals surface area contributed by atoms with Crippen LogP contribution in [0.4, 0.5) is 5.82 Å². The van der Waals surface area contributed by atoms with Crippen molar-refractivity contribution in [3.63, 3.8) is 0 Å². The molecule has 0 radical (unpaired) electrons. The molecule has 6 nitrogen and oxygen atoms in total. The highest BCUT2D eigenvalue weighted by Gasteiger charge is 2.26. The van der Waals surface area contributed by atoms with Crippen molar-refractivity contribution in [2.45, 2.75) is 31.7 Å². The first kappa shape index (κ1) is 21.0. The predicted octanol–water partition coefficient (Wildman–Crippen LogP) is 4.66. The minimum absolute atomic E-state index is 0.235. The van der Waals surface area contributed by atoms with E-state index >= 15 is 0 Å². The number of ether oxygens (including phenoxy) is 1. The molecule has 0 bridgehead atoms. The first-order chi connectivity index (χ1) is 15.2. The minimum Gasteiger partial charge on any atom is -0.480 e. The molecule has 2 heterocycles. The Hall–Kier alpha value is -3.25. The molecule has 160 valence electrons. The largest absolute Gasteiger partial charge is 0.480 e. The molecule has 0 saturated carbocycles. The molecule has 1 atom stereocenters. The number of rotatable bonds is 9. The molecule has 2 aromatic carbocycles. The van der Waals surface area contributed by atoms with Crippen LogP contribution < -0.4 is 4.90 Å². The van der Waals surface area contributed by atoms with Gasteiger partial charge in [0.25, 0.3) is 0 Å². The van der Waals surface area contributed by atoms with Gasteiger partial charge in [0.15, 0.2) is 0 Å². The summed E-state index contributed by atoms with van der Waals surface area (Å²) >= 11 is 0. The molecule has 4 rings (SSSR count). The summed E-state index contributed by atoms with van der Waals surface area (Å²) in [6, 6.07) is 20.7. The van der Waals surface area contributed by atoms with E-state index in [1.165, 1.54) is 0 Å². The van der Waals surface area contributed by atoms with Crippen molar-refractivity contribution < 1.29 is 14.6 Å². The summed E-state index contributed by atoms with van der Waals surface area (Å²) in [6.45, 7) is 1.18. The predicted molar refractivity (Wildman–Crippen MR) is 121 cm³/mol. The molecule has 1 fully saturated rings. The quantitative estimate of drug-likeness (QED) is 0.510. The molecule has 1 saturated heterocycles. The fourth-order valence-electron chi connectivity index (χ4n) is 4.14. The third kappa shape index (κ3) is 5.27. The van der Waals surface area contributed by atoms with Crippen LogP contribution >= 0.6 is 0 Å². The van der Waals surface area contributed by atoms with Gasteiger partial charge in [-0.1, -0.05) is 60.7 Å². The van der Waals surface area contributed by atoms with E-state index in [-0.39, 0.29) is 6.61 Å². The fraction of sp³-hybridized carbons (Fsp3) is 0.320. The van der Waals surface area contributed by atoms with E-state index < -0.39 is 5.97 Å². The van der Waals surface area contributed by atoms with Gasteiger partial charge in [-0.2, -0.15) is 0 Å². The number of carboxylic acid groups (broad SMARTS) is 1. The Morgan fingerprint density at radius 2 is 1.71 bits per heavy atom. The second kappa shape index (κ2) is 10.2. The fourth-order valence-corrected chi connectivity index (χ4v) is 4.14. The average molecular weight is 418 g/mol. The number of carbonyl (C=O) groups is 1. The standard InChI is InChI=1S/C25H27N3O3/c29-23(30)18-31-16-8-14-21-13-7-15-28(21)22-17-26-24(19-9-3-1-4-10-19)25(27-22)20-11-5-2-6-12-20/h1-6,9-12,17,21H,7-8,13-16,18H2,(H,29,30)/t21-/m1/s1. The van der Waals surface area contributed by atoms with Gasteiger partial charge in [0, 0.05) is 30.3 Å². The van der Waals surface area contributed by atoms with E-state index in [1.54, 1.807) is 0 Å². The van der Waals surface area contributed by atoms with Crippen LogP contribution in [-0.2, 0) is 9.53 Å². The van der Waals surface area contributed by atoms with Crippen molar-refractivity contribution in [1.82, 2.24) is 9.97 Å². The minimum atomic E-state index is -0.926. The second-order valence-electron chi connectivity index (χ2n) is 7.74. The first-order valence-electron chi connectivity index (χ1n) is 10.8. The topological polar surface area (TPSA) is 75.6 Å². The van der Waals surface area contributed by atoms with Gasteiger partial charge < -0.3 is 14.7 Å². The van der Waals surface area contributed by atoms with E-state index in [4.69, 9.17) is 19.8 Å². The molecule has 31 heavy (non-hydrogen) atoms. The van der Waals surface area contributed by atoms with E-state index in [0.717, 1.165) is 60.6 Å². The van der Waals surface area contributed by atoms with Gasteiger partial charge in [-0.05, 0) is 25.7 Å². The highest BCUT2D eigenvalue weighted by Crippen LogP contribution is 2.33. The Balaban J connectivity index is 1.56. The Morgan fingerprint density at radius 3 is 2.39 bits per heavy atom. The van der Waals surface area contributed by atoms with E-state index in [9.17, 15) is 4.79 Å². The number of benzene rings is 2. The SMILES string of the molecule is O=C(O)COCCC[C@H]1CCCN1c1cnc(-c2ccccc2)c(-c2ccccc2)n1. The van der Waals surface area contributed by atoms with Crippen LogP contribution in [0.15, 0.2) is 66.9 Å². The van der Waals surface area contributed by atoms with Crippen LogP contribution in [0, 0.1) is 0 Å². The maximum absolute atomic E-state index is 10.6. The number of aliphatic carboxylic acids is 1. The van der Waals surface area contributed by atoms with Gasteiger partial charge in [0.05, 0.1) is 17.6 Å². The molecule has 0 amide bonds. The molecule has 3 aromatic rings. The van der Waals surface area contributed by atoms with Crippen molar-refractivity contribution in [2.24, 2.45) is 0 Å². The van der Waals surface area contributed by atoms with Crippen molar-refractivity contribution >= 4 is 11.8 Å². The summed E-state index contributed by atoms with van der Waals surface area (Å²) in [7, 11) is 0. The number of anilines is 1. The van der Waals surface area contributed by atoms with Gasteiger partial charge in [0.1, 0.15) is 12.4 Å². The third-order valence-electron chi connectivity index (χ3n) is 5.58. The Labute approximate surface area is 182 Å². The number of nitrogens with zero attached hydrogens (tertiary/aromatic N) is 3. The van der Waals surface area contributed by atoms with E-state index in [0.29, 0.717) is 12.6 Å². The Morgan fingerprint density at radius 1 is 1.03 bits per heavy atom. The number of carboxylic acids is 1. The molecule has 0 spiro atoms. The third-order valence-corrected chi connectivity index (χ3v) is 5.58. The molecule has 1 aliphatic rings. The van der Waals surface area contributed by atoms with Crippen LogP contribution in [0.1, 0.15) is 25.7 Å². The van der Waals surface area contributed by atoms with Crippen LogP contribution in [0.2, 0.25) is 0 Å². The summed E-state index contributed by atoms with van der Waals surface area (Å²) in [5.41, 5.74) is 3.87. The van der Waals surface area contributed by atoms with Crippen molar-refractivity contribution in [3.8, 4) is 22.5 Å². The zero-order valence-electron chi connectivity index (χ0n) is 17.5. The van der Waals surface area contributed by atoms with Crippen LogP contribution in [0.5, 0.6) is 0 Å². The first-order valence-corrected chi connectivity index (χ1v) is 10.8. The zero-order valence-corrected chi connectivity index (χ0v) is 17.5. The summed E-state index contributed by atoms with van der Waals surface area (Å²) in [5, 5.41) is 8.69. The van der Waals surface area contributed by atoms with Gasteiger partial charge in [-0.25, -0.2) is 9.78 Å². The average Bonchev–Trinajstić information content (AvgIpc) is 3.28. The van der Waals surface area contributed by atoms with Gasteiger partial charge in [-0.15, -0.1) is 0 Å². The molecular weight excluding hydrogens is 390 g/mol. The highest BCUT2D eigenvalue weighted by molar-refractivity contribution is 5.78. The highest BCUT2D eigenvalue weighted by atomic mass is 16.5. The normalized spacial score (nSPS) is 15.9. The van der Waals surface area contributed by atoms with Crippen molar-refractivity contribution in [2.75, 3.05) is 24.7 Å². The Kier molecular flexibility index (Phi) is 6.89. The molecule has 0 aliphatic carbocycles. The molecule has 0 unspecified atom stereocenters. The molecular formula is C25H27N3O3. The molecule has 1 N–H and O–H groups in total. The monoisotopic (exact) mass is 417 g/mol. The van der Waals surface area contributed by atoms with Crippen molar-refractivity contribution in [3.05, 3.63) is 66.9 Å². The molecule has 1 aromatic heterocycles. The summed E-state index contributed by atoms with van der Waals surface area (Å²) in [6.07, 6.45) is 5.87. The van der Waals surface area contributed by atoms with E-state index in [2.05, 4.69) is 29.2 Å². The Bertz CT molecular complexity index is 995. The summed E-state index contributed by atoms with van der Waals surface area (Å²) in [5.74, 6) is -0.0304. The maximum Gasteiger partial charge on any atom is 0.329 e. The summed E-state index contributed by atoms with van der Waals surface area (Å²) < 4.78 is 5.19. The van der Waals surface area contributed by atoms with Gasteiger partial charge >= 0.3 is 5.97 Å². The number of hydrogen-bond acceptors (Lipinski definition) is 5. The van der Waals surface area contributed by atoms with Gasteiger partial charge in [-0.3, -0.25) is 4.98 Å². The van der Waals surface area contributed by atoms with Crippen LogP contribution in [0.25, 0.3) is 22.5 Å². The molecule has 6 heteroatoms. The second-order valence-corrected chi connectivity index (χ2v) is 7.74. The lowest BCUT2D eigenvalue weighted by atomic mass is 10.0. The molecule has 1 aliphatic heterocycles. The lowest BCUT2D eigenvalue weighted by Gasteiger charge is -2.26. The smallest absolute Gasteiger partial charge is 0.329 e. The summed E-state index contributed by atoms with van der Waals surface area (Å²) in [4.78, 5) is 22.8. The van der Waals surface area contributed by atoms with Gasteiger partial charge in [0.2, 0.25) is 0 Å². The maximum atomic E-state index is 10.6. The van der Waals surface area contributed by atoms with Crippen LogP contribution in [-0.4, -0.2) is 46.8 Å². The number of aromatic nitrogens is 2. The lowest BCUT2D eigenvalue weighted by Crippen LogP contribution is -2.30. The van der Waals surface area contributed by atoms with Crippen molar-refractivity contribution in [1.29, 1.82) is 0 Å². The zero-order chi connectivity index (χ0) is 21.5. The number of hydrogen-bond donors (Lipinski definition) is 1. The lowest BCUT2D eigenvalue weighted by molar-refractivity contribution is -0.142. The van der Waals surface area contributed by atoms with Crippen LogP contribution in [0.3, 0.4) is 0 Å². The van der Waals surface area contributed by atoms with E-state index in [1.807, 2.05) is 42.6 Å².